The van der Waals surface area contributed by atoms with Crippen LogP contribution in [0.5, 0.6) is 5.75 Å². The number of hydrogen-bond acceptors (Lipinski definition) is 3. The predicted octanol–water partition coefficient (Wildman–Crippen LogP) is 1.63. The molecule has 2 N–H and O–H groups in total. The molecule has 0 aromatic heterocycles. The van der Waals surface area contributed by atoms with Gasteiger partial charge in [-0.15, -0.1) is 0 Å². The van der Waals surface area contributed by atoms with E-state index >= 15 is 0 Å². The van der Waals surface area contributed by atoms with Gasteiger partial charge in [-0.25, -0.2) is 9.87 Å². The minimum Gasteiger partial charge on any atom is -0.493 e. The molecule has 0 bridgehead atoms. The standard InChI is InChI=1S/C10H12FNO2/c11-9-4-3-7-2-1-5-14-10(7)8(9)6-12-13/h3-4,12-13H,1-2,5-6H2. The number of nitrogens with one attached hydrogen (secondary N) is 1. The van der Waals surface area contributed by atoms with E-state index in [0.717, 1.165) is 18.4 Å². The highest BCUT2D eigenvalue weighted by atomic mass is 19.1. The average molecular weight is 197 g/mol. The molecule has 4 heteroatoms. The molecule has 0 saturated carbocycles. The average Bonchev–Trinajstić information content (AvgIpc) is 2.23. The first-order valence-corrected chi connectivity index (χ1v) is 4.63. The molecule has 76 valence electrons. The van der Waals surface area contributed by atoms with Crippen molar-refractivity contribution in [3.05, 3.63) is 29.1 Å². The van der Waals surface area contributed by atoms with Gasteiger partial charge in [0.15, 0.2) is 0 Å². The Morgan fingerprint density at radius 1 is 1.50 bits per heavy atom. The lowest BCUT2D eigenvalue weighted by Gasteiger charge is -2.20. The van der Waals surface area contributed by atoms with Crippen molar-refractivity contribution in [2.24, 2.45) is 0 Å². The van der Waals surface area contributed by atoms with E-state index in [0.29, 0.717) is 17.9 Å². The van der Waals surface area contributed by atoms with Crippen molar-refractivity contribution in [2.75, 3.05) is 6.61 Å². The van der Waals surface area contributed by atoms with Crippen molar-refractivity contribution < 1.29 is 14.3 Å². The third kappa shape index (κ3) is 1.58. The molecular weight excluding hydrogens is 185 g/mol. The third-order valence-corrected chi connectivity index (χ3v) is 2.38. The normalized spacial score (nSPS) is 14.7. The highest BCUT2D eigenvalue weighted by Crippen LogP contribution is 2.30. The first kappa shape index (κ1) is 9.43. The van der Waals surface area contributed by atoms with Gasteiger partial charge in [0.2, 0.25) is 0 Å². The SMILES string of the molecule is ONCc1c(F)ccc2c1OCCC2. The largest absolute Gasteiger partial charge is 0.493 e. The zero-order chi connectivity index (χ0) is 9.97. The Labute approximate surface area is 81.5 Å². The Morgan fingerprint density at radius 3 is 3.14 bits per heavy atom. The monoisotopic (exact) mass is 197 g/mol. The van der Waals surface area contributed by atoms with E-state index in [9.17, 15) is 4.39 Å². The topological polar surface area (TPSA) is 41.5 Å². The van der Waals surface area contributed by atoms with Crippen molar-refractivity contribution in [1.82, 2.24) is 5.48 Å². The van der Waals surface area contributed by atoms with Crippen LogP contribution in [0.2, 0.25) is 0 Å². The minimum atomic E-state index is -0.341. The Kier molecular flexibility index (Phi) is 2.65. The third-order valence-electron chi connectivity index (χ3n) is 2.38. The van der Waals surface area contributed by atoms with Gasteiger partial charge in [0.1, 0.15) is 11.6 Å². The van der Waals surface area contributed by atoms with Crippen molar-refractivity contribution >= 4 is 0 Å². The lowest BCUT2D eigenvalue weighted by atomic mass is 10.0. The first-order valence-electron chi connectivity index (χ1n) is 4.63. The van der Waals surface area contributed by atoms with Crippen molar-refractivity contribution in [3.63, 3.8) is 0 Å². The summed E-state index contributed by atoms with van der Waals surface area (Å²) in [6.45, 7) is 0.698. The van der Waals surface area contributed by atoms with Crippen LogP contribution in [0, 0.1) is 5.82 Å². The number of aryl methyl sites for hydroxylation is 1. The van der Waals surface area contributed by atoms with Crippen LogP contribution < -0.4 is 10.2 Å². The number of ether oxygens (including phenoxy) is 1. The van der Waals surface area contributed by atoms with Crippen molar-refractivity contribution in [3.8, 4) is 5.75 Å². The molecule has 1 aliphatic heterocycles. The van der Waals surface area contributed by atoms with Gasteiger partial charge in [-0.2, -0.15) is 0 Å². The lowest BCUT2D eigenvalue weighted by molar-refractivity contribution is 0.157. The van der Waals surface area contributed by atoms with E-state index in [1.807, 2.05) is 5.48 Å². The molecule has 14 heavy (non-hydrogen) atoms. The van der Waals surface area contributed by atoms with Crippen molar-refractivity contribution in [2.45, 2.75) is 19.4 Å². The van der Waals surface area contributed by atoms with Gasteiger partial charge in [-0.1, -0.05) is 6.07 Å². The Morgan fingerprint density at radius 2 is 2.36 bits per heavy atom. The fourth-order valence-corrected chi connectivity index (χ4v) is 1.71. The first-order chi connectivity index (χ1) is 6.83. The molecular formula is C10H12FNO2. The second-order valence-electron chi connectivity index (χ2n) is 3.30. The molecule has 0 unspecified atom stereocenters. The van der Waals surface area contributed by atoms with E-state index in [1.165, 1.54) is 6.07 Å². The second-order valence-corrected chi connectivity index (χ2v) is 3.30. The van der Waals surface area contributed by atoms with Gasteiger partial charge < -0.3 is 9.94 Å². The number of hydroxylamine groups is 1. The number of halogens is 1. The van der Waals surface area contributed by atoms with Gasteiger partial charge in [0.05, 0.1) is 13.2 Å². The summed E-state index contributed by atoms with van der Waals surface area (Å²) >= 11 is 0. The minimum absolute atomic E-state index is 0.0784. The summed E-state index contributed by atoms with van der Waals surface area (Å²) < 4.78 is 18.7. The molecule has 3 nitrogen and oxygen atoms in total. The number of hydrogen-bond donors (Lipinski definition) is 2. The number of fused-ring (bicyclic) bond motifs is 1. The number of rotatable bonds is 2. The quantitative estimate of drug-likeness (QED) is 0.708. The van der Waals surface area contributed by atoms with Crippen molar-refractivity contribution in [1.29, 1.82) is 0 Å². The van der Waals surface area contributed by atoms with E-state index in [4.69, 9.17) is 9.94 Å². The molecule has 0 spiro atoms. The fraction of sp³-hybridized carbons (Fsp3) is 0.400. The maximum atomic E-state index is 13.3. The van der Waals surface area contributed by atoms with E-state index in [-0.39, 0.29) is 12.4 Å². The molecule has 0 fully saturated rings. The van der Waals surface area contributed by atoms with Gasteiger partial charge >= 0.3 is 0 Å². The molecule has 0 radical (unpaired) electrons. The van der Waals surface area contributed by atoms with Crippen LogP contribution in [0.1, 0.15) is 17.5 Å². The second kappa shape index (κ2) is 3.94. The van der Waals surface area contributed by atoms with Crippen LogP contribution >= 0.6 is 0 Å². The maximum absolute atomic E-state index is 13.3. The summed E-state index contributed by atoms with van der Waals surface area (Å²) in [6.07, 6.45) is 1.87. The van der Waals surface area contributed by atoms with Crippen LogP contribution in [0.15, 0.2) is 12.1 Å². The highest BCUT2D eigenvalue weighted by Gasteiger charge is 2.17. The van der Waals surface area contributed by atoms with Gasteiger partial charge in [-0.05, 0) is 24.5 Å². The predicted molar refractivity (Wildman–Crippen MR) is 48.8 cm³/mol. The molecule has 0 saturated heterocycles. The smallest absolute Gasteiger partial charge is 0.131 e. The molecule has 1 aliphatic rings. The van der Waals surface area contributed by atoms with Gasteiger partial charge in [0, 0.05) is 5.56 Å². The lowest BCUT2D eigenvalue weighted by Crippen LogP contribution is -2.15. The van der Waals surface area contributed by atoms with Gasteiger partial charge in [0.25, 0.3) is 0 Å². The molecule has 1 aromatic rings. The van der Waals surface area contributed by atoms with E-state index in [2.05, 4.69) is 0 Å². The summed E-state index contributed by atoms with van der Waals surface area (Å²) in [5, 5.41) is 8.57. The maximum Gasteiger partial charge on any atom is 0.131 e. The summed E-state index contributed by atoms with van der Waals surface area (Å²) in [4.78, 5) is 0. The number of benzene rings is 1. The van der Waals surface area contributed by atoms with E-state index < -0.39 is 0 Å². The highest BCUT2D eigenvalue weighted by molar-refractivity contribution is 5.43. The van der Waals surface area contributed by atoms with Gasteiger partial charge in [-0.3, -0.25) is 0 Å². The van der Waals surface area contributed by atoms with Crippen LogP contribution in [-0.2, 0) is 13.0 Å². The summed E-state index contributed by atoms with van der Waals surface area (Å²) in [6, 6.07) is 3.16. The molecule has 0 atom stereocenters. The van der Waals surface area contributed by atoms with Crippen LogP contribution in [0.25, 0.3) is 0 Å². The molecule has 0 aliphatic carbocycles. The summed E-state index contributed by atoms with van der Waals surface area (Å²) in [5.41, 5.74) is 3.38. The molecule has 1 heterocycles. The zero-order valence-corrected chi connectivity index (χ0v) is 7.72. The molecule has 1 aromatic carbocycles. The zero-order valence-electron chi connectivity index (χ0n) is 7.72. The Balaban J connectivity index is 2.43. The summed E-state index contributed by atoms with van der Waals surface area (Å²) in [5.74, 6) is 0.255. The van der Waals surface area contributed by atoms with E-state index in [1.54, 1.807) is 6.07 Å². The molecule has 2 rings (SSSR count). The van der Waals surface area contributed by atoms with Crippen LogP contribution in [0.4, 0.5) is 4.39 Å². The Bertz CT molecular complexity index is 341. The molecule has 0 amide bonds. The summed E-state index contributed by atoms with van der Waals surface area (Å²) in [7, 11) is 0. The van der Waals surface area contributed by atoms with Crippen LogP contribution in [-0.4, -0.2) is 11.8 Å². The Hall–Kier alpha value is -1.13. The van der Waals surface area contributed by atoms with Crippen LogP contribution in [0.3, 0.4) is 0 Å². The fourth-order valence-electron chi connectivity index (χ4n) is 1.71.